The van der Waals surface area contributed by atoms with Crippen molar-refractivity contribution in [2.75, 3.05) is 6.61 Å². The summed E-state index contributed by atoms with van der Waals surface area (Å²) in [4.78, 5) is 11.3. The predicted octanol–water partition coefficient (Wildman–Crippen LogP) is 7.59. The number of carbonyl (C=O) groups is 1. The van der Waals surface area contributed by atoms with Gasteiger partial charge >= 0.3 is 5.97 Å². The summed E-state index contributed by atoms with van der Waals surface area (Å²) in [6, 6.07) is 25.2. The van der Waals surface area contributed by atoms with Crippen molar-refractivity contribution in [3.63, 3.8) is 0 Å². The minimum atomic E-state index is -0.908. The van der Waals surface area contributed by atoms with Crippen molar-refractivity contribution in [3.8, 4) is 0 Å². The number of carboxylic acid groups (broad SMARTS) is 1. The second kappa shape index (κ2) is 11.0. The fourth-order valence-electron chi connectivity index (χ4n) is 5.09. The molecule has 0 aliphatic carbocycles. The highest BCUT2D eigenvalue weighted by Gasteiger charge is 2.20. The molecule has 2 heterocycles. The van der Waals surface area contributed by atoms with Gasteiger partial charge in [0.2, 0.25) is 0 Å². The van der Waals surface area contributed by atoms with Crippen LogP contribution in [-0.2, 0) is 9.53 Å². The van der Waals surface area contributed by atoms with Gasteiger partial charge in [-0.1, -0.05) is 67.6 Å². The van der Waals surface area contributed by atoms with E-state index in [1.54, 1.807) is 13.0 Å². The van der Waals surface area contributed by atoms with Crippen molar-refractivity contribution in [1.29, 1.82) is 0 Å². The van der Waals surface area contributed by atoms with E-state index in [2.05, 4.69) is 66.6 Å². The lowest BCUT2D eigenvalue weighted by molar-refractivity contribution is -0.132. The maximum atomic E-state index is 11.3. The van der Waals surface area contributed by atoms with Gasteiger partial charge in [-0.3, -0.25) is 0 Å². The molecule has 3 aromatic carbocycles. The van der Waals surface area contributed by atoms with E-state index in [1.165, 1.54) is 16.7 Å². The second-order valence-electron chi connectivity index (χ2n) is 9.51. The van der Waals surface area contributed by atoms with E-state index in [0.717, 1.165) is 59.9 Å². The van der Waals surface area contributed by atoms with Crippen LogP contribution in [0, 0.1) is 0 Å². The van der Waals surface area contributed by atoms with Crippen LogP contribution in [0.3, 0.4) is 0 Å². The zero-order chi connectivity index (χ0) is 25.8. The van der Waals surface area contributed by atoms with Crippen LogP contribution >= 0.6 is 0 Å². The molecular weight excluding hydrogens is 460 g/mol. The first-order valence-corrected chi connectivity index (χ1v) is 12.9. The van der Waals surface area contributed by atoms with Crippen LogP contribution in [0.15, 0.2) is 84.6 Å². The molecule has 1 fully saturated rings. The molecule has 1 N–H and O–H groups in total. The zero-order valence-corrected chi connectivity index (χ0v) is 21.4. The van der Waals surface area contributed by atoms with Gasteiger partial charge < -0.3 is 9.84 Å². The maximum Gasteiger partial charge on any atom is 0.331 e. The van der Waals surface area contributed by atoms with Crippen LogP contribution in [0.1, 0.15) is 68.0 Å². The molecule has 0 amide bonds. The summed E-state index contributed by atoms with van der Waals surface area (Å²) >= 11 is 0. The number of aromatic nitrogens is 2. The summed E-state index contributed by atoms with van der Waals surface area (Å²) in [6.45, 7) is 4.58. The first kappa shape index (κ1) is 24.7. The molecule has 188 valence electrons. The molecule has 4 aromatic rings. The van der Waals surface area contributed by atoms with Crippen molar-refractivity contribution >= 4 is 34.1 Å². The predicted molar refractivity (Wildman–Crippen MR) is 149 cm³/mol. The Morgan fingerprint density at radius 2 is 1.78 bits per heavy atom. The second-order valence-corrected chi connectivity index (χ2v) is 9.51. The molecule has 1 saturated heterocycles. The normalized spacial score (nSPS) is 17.0. The van der Waals surface area contributed by atoms with Crippen molar-refractivity contribution in [2.24, 2.45) is 0 Å². The lowest BCUT2D eigenvalue weighted by Gasteiger charge is -2.23. The van der Waals surface area contributed by atoms with Crippen molar-refractivity contribution < 1.29 is 14.6 Å². The van der Waals surface area contributed by atoms with Crippen LogP contribution in [0.2, 0.25) is 0 Å². The summed E-state index contributed by atoms with van der Waals surface area (Å²) in [5, 5.41) is 15.0. The molecule has 5 nitrogen and oxygen atoms in total. The van der Waals surface area contributed by atoms with Crippen molar-refractivity contribution in [3.05, 3.63) is 107 Å². The minimum Gasteiger partial charge on any atom is -0.478 e. The average molecular weight is 493 g/mol. The van der Waals surface area contributed by atoms with Gasteiger partial charge in [-0.15, -0.1) is 0 Å². The summed E-state index contributed by atoms with van der Waals surface area (Å²) in [5.74, 6) is -0.908. The number of allylic oxidation sites excluding steroid dienone is 1. The Kier molecular flexibility index (Phi) is 7.33. The Balaban J connectivity index is 1.62. The van der Waals surface area contributed by atoms with E-state index in [0.29, 0.717) is 5.57 Å². The molecule has 0 bridgehead atoms. The summed E-state index contributed by atoms with van der Waals surface area (Å²) < 4.78 is 8.01. The van der Waals surface area contributed by atoms with E-state index in [-0.39, 0.29) is 6.23 Å². The van der Waals surface area contributed by atoms with E-state index in [1.807, 2.05) is 29.1 Å². The molecule has 5 rings (SSSR count). The van der Waals surface area contributed by atoms with Gasteiger partial charge in [0, 0.05) is 17.6 Å². The highest BCUT2D eigenvalue weighted by Crippen LogP contribution is 2.36. The van der Waals surface area contributed by atoms with Crippen molar-refractivity contribution in [2.45, 2.75) is 45.8 Å². The molecule has 0 saturated carbocycles. The summed E-state index contributed by atoms with van der Waals surface area (Å²) in [5.41, 5.74) is 8.09. The van der Waals surface area contributed by atoms with Gasteiger partial charge in [0.25, 0.3) is 0 Å². The fourth-order valence-corrected chi connectivity index (χ4v) is 5.09. The molecule has 0 spiro atoms. The molecule has 37 heavy (non-hydrogen) atoms. The third kappa shape index (κ3) is 5.27. The standard InChI is InChI=1S/C32H32N2O3/c1-3-28(24-9-5-4-6-10-24)31(25-14-12-23(13-15-25)19-22(2)32(35)36)26-16-17-29-27(20-26)21-33-34(29)30-11-7-8-18-37-30/h4-6,9-10,12-17,19-21,30H,3,7-8,11,18H2,1-2H3,(H,35,36)/b22-19?,31-28+. The van der Waals surface area contributed by atoms with Crippen LogP contribution in [0.25, 0.3) is 28.1 Å². The molecular formula is C32H32N2O3. The number of ether oxygens (including phenoxy) is 1. The quantitative estimate of drug-likeness (QED) is 0.213. The van der Waals surface area contributed by atoms with Gasteiger partial charge in [0.05, 0.1) is 11.7 Å². The van der Waals surface area contributed by atoms with E-state index < -0.39 is 5.97 Å². The monoisotopic (exact) mass is 492 g/mol. The van der Waals surface area contributed by atoms with Crippen LogP contribution in [0.5, 0.6) is 0 Å². The number of aliphatic carboxylic acids is 1. The van der Waals surface area contributed by atoms with Gasteiger partial charge in [-0.2, -0.15) is 5.10 Å². The molecule has 5 heteroatoms. The largest absolute Gasteiger partial charge is 0.478 e. The average Bonchev–Trinajstić information content (AvgIpc) is 3.36. The molecule has 1 aliphatic heterocycles. The number of benzene rings is 3. The summed E-state index contributed by atoms with van der Waals surface area (Å²) in [7, 11) is 0. The van der Waals surface area contributed by atoms with Crippen LogP contribution < -0.4 is 0 Å². The lowest BCUT2D eigenvalue weighted by Crippen LogP contribution is -2.18. The number of carboxylic acids is 1. The SMILES string of the molecule is CC/C(=C(/c1ccc(C=C(C)C(=O)O)cc1)c1ccc2c(cnn2C2CCCCO2)c1)c1ccccc1. The first-order chi connectivity index (χ1) is 18.0. The van der Waals surface area contributed by atoms with E-state index in [4.69, 9.17) is 4.74 Å². The van der Waals surface area contributed by atoms with Crippen LogP contribution in [0.4, 0.5) is 0 Å². The molecule has 0 radical (unpaired) electrons. The zero-order valence-electron chi connectivity index (χ0n) is 21.4. The number of nitrogens with zero attached hydrogens (tertiary/aromatic N) is 2. The van der Waals surface area contributed by atoms with Gasteiger partial charge in [0.1, 0.15) is 0 Å². The Labute approximate surface area is 217 Å². The number of rotatable bonds is 7. The Morgan fingerprint density at radius 1 is 1.03 bits per heavy atom. The van der Waals surface area contributed by atoms with Crippen LogP contribution in [-0.4, -0.2) is 27.5 Å². The third-order valence-electron chi connectivity index (χ3n) is 7.01. The molecule has 1 unspecified atom stereocenters. The number of hydrogen-bond donors (Lipinski definition) is 1. The topological polar surface area (TPSA) is 64.3 Å². The van der Waals surface area contributed by atoms with E-state index in [9.17, 15) is 9.90 Å². The van der Waals surface area contributed by atoms with Gasteiger partial charge in [-0.05, 0) is 84.2 Å². The Morgan fingerprint density at radius 3 is 2.46 bits per heavy atom. The summed E-state index contributed by atoms with van der Waals surface area (Å²) in [6.07, 6.45) is 7.75. The van der Waals surface area contributed by atoms with E-state index >= 15 is 0 Å². The molecule has 1 aromatic heterocycles. The molecule has 1 aliphatic rings. The molecule has 1 atom stereocenters. The maximum absolute atomic E-state index is 11.3. The lowest BCUT2D eigenvalue weighted by atomic mass is 9.87. The highest BCUT2D eigenvalue weighted by molar-refractivity contribution is 6.00. The fraction of sp³-hybridized carbons (Fsp3) is 0.250. The smallest absolute Gasteiger partial charge is 0.331 e. The highest BCUT2D eigenvalue weighted by atomic mass is 16.5. The third-order valence-corrected chi connectivity index (χ3v) is 7.01. The number of hydrogen-bond acceptors (Lipinski definition) is 3. The van der Waals surface area contributed by atoms with Crippen molar-refractivity contribution in [1.82, 2.24) is 9.78 Å². The minimum absolute atomic E-state index is 0.00232. The Bertz CT molecular complexity index is 1460. The van der Waals surface area contributed by atoms with Gasteiger partial charge in [0.15, 0.2) is 6.23 Å². The first-order valence-electron chi connectivity index (χ1n) is 12.9. The Hall–Kier alpha value is -3.96. The number of fused-ring (bicyclic) bond motifs is 1. The van der Waals surface area contributed by atoms with Gasteiger partial charge in [-0.25, -0.2) is 9.48 Å².